The van der Waals surface area contributed by atoms with E-state index in [4.69, 9.17) is 0 Å². The minimum Gasteiger partial charge on any atom is -0.310 e. The number of benzene rings is 10. The first-order valence-electron chi connectivity index (χ1n) is 23.9. The van der Waals surface area contributed by atoms with Gasteiger partial charge in [0.15, 0.2) is 0 Å². The van der Waals surface area contributed by atoms with Crippen molar-refractivity contribution in [3.05, 3.63) is 253 Å². The van der Waals surface area contributed by atoms with Gasteiger partial charge in [-0.15, -0.1) is 0 Å². The molecule has 0 bridgehead atoms. The second-order valence-corrected chi connectivity index (χ2v) is 19.7. The van der Waals surface area contributed by atoms with Crippen LogP contribution in [0.3, 0.4) is 0 Å². The Kier molecular flexibility index (Phi) is 8.95. The number of nitrogens with zero attached hydrogens (tertiary/aromatic N) is 2. The van der Waals surface area contributed by atoms with Crippen molar-refractivity contribution in [2.75, 3.05) is 4.90 Å². The largest absolute Gasteiger partial charge is 0.310 e. The third kappa shape index (κ3) is 6.03. The van der Waals surface area contributed by atoms with Crippen LogP contribution in [0, 0.1) is 0 Å². The van der Waals surface area contributed by atoms with Gasteiger partial charge in [0.05, 0.1) is 11.0 Å². The number of hydrogen-bond acceptors (Lipinski definition) is 1. The smallest absolute Gasteiger partial charge is 0.0625 e. The molecule has 0 saturated heterocycles. The molecule has 13 rings (SSSR count). The van der Waals surface area contributed by atoms with Crippen LogP contribution in [-0.4, -0.2) is 4.57 Å². The molecule has 0 fully saturated rings. The number of fused-ring (bicyclic) bond motifs is 9. The molecule has 0 unspecified atom stereocenters. The van der Waals surface area contributed by atoms with Crippen LogP contribution in [0.15, 0.2) is 231 Å². The van der Waals surface area contributed by atoms with Gasteiger partial charge in [-0.25, -0.2) is 0 Å². The van der Waals surface area contributed by atoms with E-state index in [0.717, 1.165) is 22.7 Å². The van der Waals surface area contributed by atoms with Gasteiger partial charge >= 0.3 is 0 Å². The van der Waals surface area contributed by atoms with Gasteiger partial charge in [-0.3, -0.25) is 0 Å². The highest BCUT2D eigenvalue weighted by Crippen LogP contribution is 2.53. The Bertz CT molecular complexity index is 3660. The van der Waals surface area contributed by atoms with Crippen molar-refractivity contribution in [3.8, 4) is 61.3 Å². The quantitative estimate of drug-likeness (QED) is 0.155. The lowest BCUT2D eigenvalue weighted by Crippen LogP contribution is -2.18. The molecule has 0 aliphatic heterocycles. The Labute approximate surface area is 399 Å². The van der Waals surface area contributed by atoms with Crippen molar-refractivity contribution in [2.45, 2.75) is 38.5 Å². The molecule has 68 heavy (non-hydrogen) atoms. The molecule has 2 nitrogen and oxygen atoms in total. The summed E-state index contributed by atoms with van der Waals surface area (Å²) in [6, 6.07) is 85.6. The van der Waals surface area contributed by atoms with E-state index in [1.807, 2.05) is 0 Å². The standard InChI is InChI=1S/C66H50N2/c1-65(2)58-26-16-14-24-53(58)55-35-33-49(41-60(55)65)67(50-34-36-56-54-25-15-17-27-59(54)66(3,4)61(56)42-50)47-29-31-48(32-30-47)68-62-39-28-46(43-18-8-5-9-19-43)40-57(62)63-51(44-20-10-6-11-21-44)37-38-52(64(63)68)45-22-12-7-13-23-45/h5-42H,1-4H3. The minimum atomic E-state index is -0.134. The fraction of sp³-hybridized carbons (Fsp3) is 0.0909. The van der Waals surface area contributed by atoms with E-state index in [9.17, 15) is 0 Å². The normalized spacial score (nSPS) is 13.8. The van der Waals surface area contributed by atoms with Crippen LogP contribution in [0.1, 0.15) is 49.9 Å². The second-order valence-electron chi connectivity index (χ2n) is 19.7. The molecule has 0 amide bonds. The maximum absolute atomic E-state index is 2.51. The number of anilines is 3. The Morgan fingerprint density at radius 2 is 0.765 bits per heavy atom. The van der Waals surface area contributed by atoms with Crippen LogP contribution in [0.25, 0.3) is 83.1 Å². The van der Waals surface area contributed by atoms with Gasteiger partial charge in [-0.1, -0.05) is 198 Å². The van der Waals surface area contributed by atoms with Crippen LogP contribution in [0.2, 0.25) is 0 Å². The number of aromatic nitrogens is 1. The lowest BCUT2D eigenvalue weighted by atomic mass is 9.82. The molecule has 0 spiro atoms. The lowest BCUT2D eigenvalue weighted by Gasteiger charge is -2.30. The summed E-state index contributed by atoms with van der Waals surface area (Å²) in [5, 5.41) is 2.48. The minimum absolute atomic E-state index is 0.134. The molecule has 2 aliphatic rings. The summed E-state index contributed by atoms with van der Waals surface area (Å²) in [5.41, 5.74) is 24.6. The Balaban J connectivity index is 1.03. The van der Waals surface area contributed by atoms with Crippen LogP contribution in [0.5, 0.6) is 0 Å². The van der Waals surface area contributed by atoms with Gasteiger partial charge in [0, 0.05) is 49.9 Å². The van der Waals surface area contributed by atoms with E-state index in [2.05, 4.69) is 268 Å². The zero-order valence-electron chi connectivity index (χ0n) is 38.8. The third-order valence-electron chi connectivity index (χ3n) is 15.2. The molecule has 0 radical (unpaired) electrons. The molecular formula is C66H50N2. The van der Waals surface area contributed by atoms with E-state index >= 15 is 0 Å². The number of hydrogen-bond donors (Lipinski definition) is 0. The SMILES string of the molecule is CC1(C)c2ccccc2-c2ccc(N(c3ccc(-n4c5ccc(-c6ccccc6)cc5c5c(-c6ccccc6)ccc(-c6ccccc6)c54)cc3)c3ccc4c(c3)C(C)(C)c3ccccc3-4)cc21. The van der Waals surface area contributed by atoms with Gasteiger partial charge in [-0.05, 0) is 133 Å². The van der Waals surface area contributed by atoms with Crippen molar-refractivity contribution in [1.29, 1.82) is 0 Å². The maximum Gasteiger partial charge on any atom is 0.0625 e. The molecular weight excluding hydrogens is 821 g/mol. The summed E-state index contributed by atoms with van der Waals surface area (Å²) in [7, 11) is 0. The van der Waals surface area contributed by atoms with Crippen molar-refractivity contribution < 1.29 is 0 Å². The van der Waals surface area contributed by atoms with Gasteiger partial charge in [0.1, 0.15) is 0 Å². The first-order valence-corrected chi connectivity index (χ1v) is 23.9. The van der Waals surface area contributed by atoms with Crippen LogP contribution in [-0.2, 0) is 10.8 Å². The highest BCUT2D eigenvalue weighted by Gasteiger charge is 2.38. The van der Waals surface area contributed by atoms with Crippen molar-refractivity contribution in [3.63, 3.8) is 0 Å². The monoisotopic (exact) mass is 870 g/mol. The molecule has 11 aromatic rings. The summed E-state index contributed by atoms with van der Waals surface area (Å²) in [6.45, 7) is 9.49. The van der Waals surface area contributed by atoms with Crippen molar-refractivity contribution >= 4 is 38.9 Å². The Morgan fingerprint density at radius 1 is 0.324 bits per heavy atom. The summed E-state index contributed by atoms with van der Waals surface area (Å²) in [4.78, 5) is 2.48. The van der Waals surface area contributed by atoms with Crippen LogP contribution in [0.4, 0.5) is 17.1 Å². The fourth-order valence-corrected chi connectivity index (χ4v) is 11.8. The van der Waals surface area contributed by atoms with Gasteiger partial charge in [0.25, 0.3) is 0 Å². The van der Waals surface area contributed by atoms with E-state index in [1.54, 1.807) is 0 Å². The van der Waals surface area contributed by atoms with E-state index < -0.39 is 0 Å². The molecule has 10 aromatic carbocycles. The van der Waals surface area contributed by atoms with Gasteiger partial charge < -0.3 is 9.47 Å². The fourth-order valence-electron chi connectivity index (χ4n) is 11.8. The topological polar surface area (TPSA) is 8.17 Å². The molecule has 0 N–H and O–H groups in total. The molecule has 0 saturated carbocycles. The van der Waals surface area contributed by atoms with E-state index in [1.165, 1.54) is 99.7 Å². The third-order valence-corrected chi connectivity index (χ3v) is 15.2. The molecule has 2 aliphatic carbocycles. The highest BCUT2D eigenvalue weighted by atomic mass is 15.1. The summed E-state index contributed by atoms with van der Waals surface area (Å²) >= 11 is 0. The number of rotatable bonds is 7. The van der Waals surface area contributed by atoms with Crippen molar-refractivity contribution in [2.24, 2.45) is 0 Å². The summed E-state index contributed by atoms with van der Waals surface area (Å²) < 4.78 is 2.51. The second kappa shape index (κ2) is 15.2. The first-order chi connectivity index (χ1) is 33.3. The van der Waals surface area contributed by atoms with E-state index in [-0.39, 0.29) is 10.8 Å². The molecule has 0 atom stereocenters. The zero-order chi connectivity index (χ0) is 45.7. The molecule has 1 aromatic heterocycles. The van der Waals surface area contributed by atoms with Crippen molar-refractivity contribution in [1.82, 2.24) is 4.57 Å². The lowest BCUT2D eigenvalue weighted by molar-refractivity contribution is 0.660. The maximum atomic E-state index is 2.51. The van der Waals surface area contributed by atoms with E-state index in [0.29, 0.717) is 0 Å². The van der Waals surface area contributed by atoms with Gasteiger partial charge in [-0.2, -0.15) is 0 Å². The van der Waals surface area contributed by atoms with Crippen LogP contribution < -0.4 is 4.90 Å². The molecule has 1 heterocycles. The molecule has 2 heteroatoms. The first kappa shape index (κ1) is 40.1. The average Bonchev–Trinajstić information content (AvgIpc) is 3.94. The Hall–Kier alpha value is -8.20. The summed E-state index contributed by atoms with van der Waals surface area (Å²) in [6.07, 6.45) is 0. The Morgan fingerprint density at radius 3 is 1.32 bits per heavy atom. The zero-order valence-corrected chi connectivity index (χ0v) is 38.8. The highest BCUT2D eigenvalue weighted by molar-refractivity contribution is 6.20. The average molecular weight is 871 g/mol. The predicted octanol–water partition coefficient (Wildman–Crippen LogP) is 17.9. The molecule has 324 valence electrons. The van der Waals surface area contributed by atoms with Gasteiger partial charge in [0.2, 0.25) is 0 Å². The predicted molar refractivity (Wildman–Crippen MR) is 287 cm³/mol. The van der Waals surface area contributed by atoms with Crippen LogP contribution >= 0.6 is 0 Å². The summed E-state index contributed by atoms with van der Waals surface area (Å²) in [5.74, 6) is 0.